The minimum Gasteiger partial charge on any atom is -0.390 e. The van der Waals surface area contributed by atoms with Crippen molar-refractivity contribution in [3.8, 4) is 0 Å². The number of hydrogen-bond donors (Lipinski definition) is 0. The molecule has 0 aliphatic heterocycles. The Hall–Kier alpha value is -1.99. The summed E-state index contributed by atoms with van der Waals surface area (Å²) in [5.41, 5.74) is -0.0429. The van der Waals surface area contributed by atoms with E-state index in [1.165, 1.54) is 11.0 Å². The number of nitro groups is 1. The van der Waals surface area contributed by atoms with E-state index in [0.717, 1.165) is 0 Å². The molecule has 0 aromatic carbocycles. The van der Waals surface area contributed by atoms with Gasteiger partial charge in [0.2, 0.25) is 12.2 Å². The van der Waals surface area contributed by atoms with Crippen molar-refractivity contribution in [3.63, 3.8) is 0 Å². The molecule has 0 radical (unpaired) electrons. The topological polar surface area (TPSA) is 94.2 Å². The fourth-order valence-corrected chi connectivity index (χ4v) is 1.49. The van der Waals surface area contributed by atoms with Crippen LogP contribution in [0.15, 0.2) is 6.33 Å². The smallest absolute Gasteiger partial charge is 0.390 e. The van der Waals surface area contributed by atoms with E-state index in [1.807, 2.05) is 27.7 Å². The van der Waals surface area contributed by atoms with E-state index in [0.29, 0.717) is 0 Å². The number of amides is 1. The van der Waals surface area contributed by atoms with Gasteiger partial charge in [-0.1, -0.05) is 25.8 Å². The molecule has 1 aromatic heterocycles. The molecule has 1 amide bonds. The van der Waals surface area contributed by atoms with Crippen molar-refractivity contribution >= 4 is 11.9 Å². The Morgan fingerprint density at radius 2 is 2.16 bits per heavy atom. The highest BCUT2D eigenvalue weighted by Crippen LogP contribution is 2.23. The molecule has 0 N–H and O–H groups in total. The average molecular weight is 269 g/mol. The molecular weight excluding hydrogens is 250 g/mol. The van der Waals surface area contributed by atoms with Gasteiger partial charge in [0, 0.05) is 18.2 Å². The normalized spacial score (nSPS) is 13.1. The average Bonchev–Trinajstić information content (AvgIpc) is 2.74. The lowest BCUT2D eigenvalue weighted by Gasteiger charge is -2.35. The summed E-state index contributed by atoms with van der Waals surface area (Å²) in [6, 6.07) is 0.0403. The lowest BCUT2D eigenvalue weighted by Crippen LogP contribution is -2.44. The Labute approximate surface area is 111 Å². The lowest BCUT2D eigenvalue weighted by molar-refractivity contribution is -0.394. The Morgan fingerprint density at radius 3 is 2.58 bits per heavy atom. The molecule has 106 valence electrons. The third-order valence-corrected chi connectivity index (χ3v) is 3.21. The largest absolute Gasteiger partial charge is 0.490 e. The monoisotopic (exact) mass is 269 g/mol. The first-order valence-electron chi connectivity index (χ1n) is 5.92. The van der Waals surface area contributed by atoms with Crippen LogP contribution in [0.2, 0.25) is 0 Å². The molecule has 1 aromatic rings. The Bertz CT molecular complexity index is 477. The molecule has 0 bridgehead atoms. The molecule has 1 atom stereocenters. The van der Waals surface area contributed by atoms with Gasteiger partial charge in [0.05, 0.1) is 0 Å². The van der Waals surface area contributed by atoms with Crippen molar-refractivity contribution in [1.82, 2.24) is 19.7 Å². The molecule has 8 nitrogen and oxygen atoms in total. The number of hydrogen-bond acceptors (Lipinski definition) is 5. The summed E-state index contributed by atoms with van der Waals surface area (Å²) < 4.78 is 1.17. The van der Waals surface area contributed by atoms with E-state index in [9.17, 15) is 14.9 Å². The van der Waals surface area contributed by atoms with Crippen LogP contribution in [-0.4, -0.2) is 43.6 Å². The summed E-state index contributed by atoms with van der Waals surface area (Å²) in [4.78, 5) is 26.9. The van der Waals surface area contributed by atoms with Crippen LogP contribution in [0.3, 0.4) is 0 Å². The zero-order valence-corrected chi connectivity index (χ0v) is 11.8. The third kappa shape index (κ3) is 3.73. The summed E-state index contributed by atoms with van der Waals surface area (Å²) in [5.74, 6) is -0.665. The van der Waals surface area contributed by atoms with Crippen molar-refractivity contribution in [2.75, 3.05) is 7.05 Å². The fourth-order valence-electron chi connectivity index (χ4n) is 1.49. The zero-order chi connectivity index (χ0) is 14.8. The summed E-state index contributed by atoms with van der Waals surface area (Å²) in [6.07, 6.45) is 1.19. The van der Waals surface area contributed by atoms with Crippen molar-refractivity contribution < 1.29 is 9.72 Å². The highest BCUT2D eigenvalue weighted by Gasteiger charge is 2.27. The van der Waals surface area contributed by atoms with Crippen molar-refractivity contribution in [1.29, 1.82) is 0 Å². The van der Waals surface area contributed by atoms with Crippen molar-refractivity contribution in [2.45, 2.75) is 40.3 Å². The number of carbonyl (C=O) groups excluding carboxylic acids is 1. The van der Waals surface area contributed by atoms with E-state index in [4.69, 9.17) is 0 Å². The Balaban J connectivity index is 2.71. The number of likely N-dealkylation sites (N-methyl/N-ethyl adjacent to an activating group) is 1. The number of aromatic nitrogens is 3. The van der Waals surface area contributed by atoms with Gasteiger partial charge in [0.15, 0.2) is 0 Å². The van der Waals surface area contributed by atoms with E-state index >= 15 is 0 Å². The fraction of sp³-hybridized carbons (Fsp3) is 0.727. The number of nitrogens with zero attached hydrogens (tertiary/aromatic N) is 5. The first kappa shape index (κ1) is 15.1. The highest BCUT2D eigenvalue weighted by atomic mass is 16.6. The molecule has 1 rings (SSSR count). The van der Waals surface area contributed by atoms with Crippen molar-refractivity contribution in [3.05, 3.63) is 16.4 Å². The Kier molecular flexibility index (Phi) is 4.23. The van der Waals surface area contributed by atoms with E-state index in [-0.39, 0.29) is 23.9 Å². The standard InChI is InChI=1S/C11H19N5O3/c1-8(11(2,3)4)14(5)9(17)6-15-7-12-10(13-15)16(18)19/h7-8H,6H2,1-5H3/t8-/m1/s1. The molecular formula is C11H19N5O3. The first-order chi connectivity index (χ1) is 8.62. The SMILES string of the molecule is C[C@@H](N(C)C(=O)Cn1cnc([N+](=O)[O-])n1)C(C)(C)C. The summed E-state index contributed by atoms with van der Waals surface area (Å²) in [6.45, 7) is 8.03. The van der Waals surface area contributed by atoms with Gasteiger partial charge in [0.25, 0.3) is 0 Å². The molecule has 0 fully saturated rings. The number of carbonyl (C=O) groups is 1. The minimum atomic E-state index is -0.692. The van der Waals surface area contributed by atoms with Crippen LogP contribution in [0.25, 0.3) is 0 Å². The zero-order valence-electron chi connectivity index (χ0n) is 11.8. The molecule has 0 aliphatic rings. The van der Waals surface area contributed by atoms with Gasteiger partial charge in [-0.15, -0.1) is 0 Å². The first-order valence-corrected chi connectivity index (χ1v) is 5.92. The van der Waals surface area contributed by atoms with Crippen LogP contribution in [-0.2, 0) is 11.3 Å². The molecule has 0 saturated heterocycles. The maximum absolute atomic E-state index is 12.0. The molecule has 0 aliphatic carbocycles. The van der Waals surface area contributed by atoms with Crippen LogP contribution in [0.4, 0.5) is 5.95 Å². The maximum atomic E-state index is 12.0. The van der Waals surface area contributed by atoms with Gasteiger partial charge in [-0.2, -0.15) is 4.68 Å². The molecule has 8 heteroatoms. The second-order valence-electron chi connectivity index (χ2n) is 5.55. The Morgan fingerprint density at radius 1 is 1.58 bits per heavy atom. The molecule has 0 unspecified atom stereocenters. The molecule has 19 heavy (non-hydrogen) atoms. The van der Waals surface area contributed by atoms with Gasteiger partial charge in [-0.05, 0) is 17.3 Å². The third-order valence-electron chi connectivity index (χ3n) is 3.21. The molecule has 0 saturated carbocycles. The van der Waals surface area contributed by atoms with Gasteiger partial charge >= 0.3 is 5.95 Å². The van der Waals surface area contributed by atoms with E-state index < -0.39 is 10.9 Å². The van der Waals surface area contributed by atoms with Crippen LogP contribution in [0.1, 0.15) is 27.7 Å². The molecule has 1 heterocycles. The van der Waals surface area contributed by atoms with Gasteiger partial charge < -0.3 is 15.0 Å². The van der Waals surface area contributed by atoms with Gasteiger partial charge in [-0.25, -0.2) is 0 Å². The van der Waals surface area contributed by atoms with Crippen LogP contribution in [0, 0.1) is 15.5 Å². The van der Waals surface area contributed by atoms with Crippen molar-refractivity contribution in [2.24, 2.45) is 5.41 Å². The predicted octanol–water partition coefficient (Wildman–Crippen LogP) is 1.08. The van der Waals surface area contributed by atoms with E-state index in [2.05, 4.69) is 10.1 Å². The van der Waals surface area contributed by atoms with E-state index in [1.54, 1.807) is 11.9 Å². The van der Waals surface area contributed by atoms with Crippen LogP contribution < -0.4 is 0 Å². The lowest BCUT2D eigenvalue weighted by atomic mass is 9.87. The summed E-state index contributed by atoms with van der Waals surface area (Å²) >= 11 is 0. The van der Waals surface area contributed by atoms with Crippen LogP contribution >= 0.6 is 0 Å². The van der Waals surface area contributed by atoms with Gasteiger partial charge in [-0.3, -0.25) is 4.79 Å². The molecule has 0 spiro atoms. The predicted molar refractivity (Wildman–Crippen MR) is 68.4 cm³/mol. The quantitative estimate of drug-likeness (QED) is 0.602. The minimum absolute atomic E-state index is 0.0403. The maximum Gasteiger partial charge on any atom is 0.490 e. The second-order valence-corrected chi connectivity index (χ2v) is 5.55. The summed E-state index contributed by atoms with van der Waals surface area (Å²) in [5, 5.41) is 14.1. The summed E-state index contributed by atoms with van der Waals surface area (Å²) in [7, 11) is 1.71. The second kappa shape index (κ2) is 5.33. The van der Waals surface area contributed by atoms with Crippen LogP contribution in [0.5, 0.6) is 0 Å². The van der Waals surface area contributed by atoms with Gasteiger partial charge in [0.1, 0.15) is 6.54 Å². The number of rotatable bonds is 4. The highest BCUT2D eigenvalue weighted by molar-refractivity contribution is 5.76.